The molecule has 1 amide bonds. The zero-order chi connectivity index (χ0) is 22.6. The average Bonchev–Trinajstić information content (AvgIpc) is 3.35. The Hall–Kier alpha value is -3.45. The van der Waals surface area contributed by atoms with Gasteiger partial charge in [0.25, 0.3) is 0 Å². The molecule has 1 unspecified atom stereocenters. The summed E-state index contributed by atoms with van der Waals surface area (Å²) in [6.07, 6.45) is 3.96. The molecule has 3 fully saturated rings. The summed E-state index contributed by atoms with van der Waals surface area (Å²) >= 11 is 1.89. The Morgan fingerprint density at radius 2 is 2.12 bits per heavy atom. The summed E-state index contributed by atoms with van der Waals surface area (Å²) in [4.78, 5) is 18.3. The third-order valence-corrected chi connectivity index (χ3v) is 8.02. The topological polar surface area (TPSA) is 96.9 Å². The molecule has 2 aromatic heterocycles. The number of hydrogen-bond donors (Lipinski definition) is 0. The van der Waals surface area contributed by atoms with Gasteiger partial charge in [-0.2, -0.15) is 17.0 Å². The normalized spacial score (nSPS) is 27.8. The predicted molar refractivity (Wildman–Crippen MR) is 119 cm³/mol. The van der Waals surface area contributed by atoms with Crippen molar-refractivity contribution in [2.45, 2.75) is 18.1 Å². The number of pyridine rings is 1. The van der Waals surface area contributed by atoms with Gasteiger partial charge < -0.3 is 4.74 Å². The standard InChI is InChI=1S/C23H19FN6O2S/c24-20-7-15(30-10-16(32-22(30)31)9-29-6-5-27-28-29)2-3-17(20)14-1-4-21(26-8-14)23(13-25)18-11-33-12-19(18)23/h1-8,16,18-19H,9-12H2/t16-,18-,19+,23?/m0/s1. The van der Waals surface area contributed by atoms with E-state index in [-0.39, 0.29) is 0 Å². The molecule has 4 atom stereocenters. The van der Waals surface area contributed by atoms with Crippen LogP contribution < -0.4 is 4.90 Å². The summed E-state index contributed by atoms with van der Waals surface area (Å²) in [6.45, 7) is 0.677. The molecular formula is C23H19FN6O2S. The highest BCUT2D eigenvalue weighted by Crippen LogP contribution is 2.65. The molecule has 1 aromatic carbocycles. The molecule has 33 heavy (non-hydrogen) atoms. The van der Waals surface area contributed by atoms with Gasteiger partial charge in [0.05, 0.1) is 36.7 Å². The maximum atomic E-state index is 15.0. The number of benzene rings is 1. The first-order valence-electron chi connectivity index (χ1n) is 10.7. The lowest BCUT2D eigenvalue weighted by Crippen LogP contribution is -2.26. The molecule has 2 saturated heterocycles. The van der Waals surface area contributed by atoms with Crippen molar-refractivity contribution in [2.24, 2.45) is 11.8 Å². The number of amides is 1. The van der Waals surface area contributed by atoms with E-state index in [4.69, 9.17) is 4.74 Å². The van der Waals surface area contributed by atoms with Crippen LogP contribution in [0.15, 0.2) is 48.9 Å². The van der Waals surface area contributed by atoms with Gasteiger partial charge >= 0.3 is 6.09 Å². The van der Waals surface area contributed by atoms with Crippen LogP contribution in [-0.4, -0.2) is 50.2 Å². The second-order valence-electron chi connectivity index (χ2n) is 8.57. The molecular weight excluding hydrogens is 443 g/mol. The minimum absolute atomic E-state index is 0.296. The lowest BCUT2D eigenvalue weighted by Gasteiger charge is -2.15. The van der Waals surface area contributed by atoms with E-state index < -0.39 is 23.4 Å². The van der Waals surface area contributed by atoms with Crippen molar-refractivity contribution in [1.29, 1.82) is 5.26 Å². The molecule has 2 aliphatic heterocycles. The number of carbonyl (C=O) groups excluding carboxylic acids is 1. The molecule has 8 nitrogen and oxygen atoms in total. The highest BCUT2D eigenvalue weighted by atomic mass is 32.2. The number of carbonyl (C=O) groups is 1. The largest absolute Gasteiger partial charge is 0.442 e. The smallest absolute Gasteiger partial charge is 0.414 e. The lowest BCUT2D eigenvalue weighted by molar-refractivity contribution is 0.129. The zero-order valence-electron chi connectivity index (χ0n) is 17.5. The molecule has 1 saturated carbocycles. The molecule has 3 aromatic rings. The summed E-state index contributed by atoms with van der Waals surface area (Å²) < 4.78 is 22.0. The Labute approximate surface area is 193 Å². The van der Waals surface area contributed by atoms with E-state index in [0.29, 0.717) is 41.7 Å². The number of nitrogens with zero attached hydrogens (tertiary/aromatic N) is 6. The Bertz CT molecular complexity index is 1250. The number of anilines is 1. The minimum Gasteiger partial charge on any atom is -0.442 e. The van der Waals surface area contributed by atoms with Gasteiger partial charge in [-0.25, -0.2) is 13.9 Å². The molecule has 0 spiro atoms. The third-order valence-electron chi connectivity index (χ3n) is 6.83. The van der Waals surface area contributed by atoms with E-state index >= 15 is 4.39 Å². The molecule has 166 valence electrons. The van der Waals surface area contributed by atoms with Crippen LogP contribution in [0.5, 0.6) is 0 Å². The van der Waals surface area contributed by atoms with E-state index in [9.17, 15) is 10.1 Å². The van der Waals surface area contributed by atoms with Crippen LogP contribution in [0.2, 0.25) is 0 Å². The van der Waals surface area contributed by atoms with Gasteiger partial charge in [-0.05, 0) is 47.6 Å². The zero-order valence-corrected chi connectivity index (χ0v) is 18.3. The van der Waals surface area contributed by atoms with Crippen LogP contribution in [0.1, 0.15) is 5.69 Å². The predicted octanol–water partition coefficient (Wildman–Crippen LogP) is 3.26. The number of rotatable bonds is 5. The van der Waals surface area contributed by atoms with Gasteiger partial charge in [0.15, 0.2) is 0 Å². The molecule has 4 heterocycles. The first kappa shape index (κ1) is 20.2. The first-order chi connectivity index (χ1) is 16.1. The van der Waals surface area contributed by atoms with Gasteiger partial charge in [0.2, 0.25) is 0 Å². The van der Waals surface area contributed by atoms with Crippen molar-refractivity contribution < 1.29 is 13.9 Å². The van der Waals surface area contributed by atoms with Gasteiger partial charge in [0, 0.05) is 23.5 Å². The van der Waals surface area contributed by atoms with Crippen molar-refractivity contribution in [3.05, 3.63) is 60.4 Å². The Kier molecular flexibility index (Phi) is 4.62. The SMILES string of the molecule is N#CC1(c2ccc(-c3ccc(N4C[C@H](Cn5ccnn5)OC4=O)cc3F)cn2)[C@@H]2CSC[C@@H]21. The van der Waals surface area contributed by atoms with Gasteiger partial charge in [-0.1, -0.05) is 11.3 Å². The van der Waals surface area contributed by atoms with E-state index in [1.165, 1.54) is 11.0 Å². The second kappa shape index (κ2) is 7.56. The Morgan fingerprint density at radius 3 is 2.79 bits per heavy atom. The van der Waals surface area contributed by atoms with Gasteiger partial charge in [-0.15, -0.1) is 5.10 Å². The van der Waals surface area contributed by atoms with Gasteiger partial charge in [-0.3, -0.25) is 9.88 Å². The minimum atomic E-state index is -0.520. The van der Waals surface area contributed by atoms with Crippen molar-refractivity contribution in [3.63, 3.8) is 0 Å². The lowest BCUT2D eigenvalue weighted by atomic mass is 9.97. The van der Waals surface area contributed by atoms with Crippen LogP contribution >= 0.6 is 11.8 Å². The van der Waals surface area contributed by atoms with Crippen LogP contribution in [0, 0.1) is 29.0 Å². The summed E-state index contributed by atoms with van der Waals surface area (Å²) in [5, 5.41) is 17.4. The molecule has 0 N–H and O–H groups in total. The molecule has 0 radical (unpaired) electrons. The maximum Gasteiger partial charge on any atom is 0.414 e. The van der Waals surface area contributed by atoms with E-state index in [1.54, 1.807) is 35.4 Å². The van der Waals surface area contributed by atoms with Crippen LogP contribution in [0.3, 0.4) is 0 Å². The van der Waals surface area contributed by atoms with Gasteiger partial charge in [0.1, 0.15) is 17.3 Å². The number of halogens is 1. The summed E-state index contributed by atoms with van der Waals surface area (Å²) in [6, 6.07) is 10.8. The quantitative estimate of drug-likeness (QED) is 0.574. The summed E-state index contributed by atoms with van der Waals surface area (Å²) in [7, 11) is 0. The third kappa shape index (κ3) is 3.18. The number of fused-ring (bicyclic) bond motifs is 1. The molecule has 6 rings (SSSR count). The number of hydrogen-bond acceptors (Lipinski definition) is 7. The first-order valence-corrected chi connectivity index (χ1v) is 11.8. The number of thioether (sulfide) groups is 1. The summed E-state index contributed by atoms with van der Waals surface area (Å²) in [5.41, 5.74) is 1.75. The number of ether oxygens (including phenoxy) is 1. The molecule has 3 aliphatic rings. The highest BCUT2D eigenvalue weighted by molar-refractivity contribution is 7.99. The number of cyclic esters (lactones) is 1. The van der Waals surface area contributed by atoms with E-state index in [2.05, 4.69) is 21.4 Å². The van der Waals surface area contributed by atoms with Crippen molar-refractivity contribution in [2.75, 3.05) is 23.0 Å². The average molecular weight is 463 g/mol. The van der Waals surface area contributed by atoms with Crippen LogP contribution in [0.4, 0.5) is 14.9 Å². The fraction of sp³-hybridized carbons (Fsp3) is 0.348. The fourth-order valence-corrected chi connectivity index (χ4v) is 6.66. The Morgan fingerprint density at radius 1 is 1.27 bits per heavy atom. The van der Waals surface area contributed by atoms with Crippen LogP contribution in [-0.2, 0) is 16.7 Å². The maximum absolute atomic E-state index is 15.0. The molecule has 10 heteroatoms. The van der Waals surface area contributed by atoms with E-state index in [0.717, 1.165) is 17.2 Å². The van der Waals surface area contributed by atoms with E-state index in [1.807, 2.05) is 23.9 Å². The fourth-order valence-electron chi connectivity index (χ4n) is 5.03. The number of aromatic nitrogens is 4. The summed E-state index contributed by atoms with van der Waals surface area (Å²) in [5.74, 6) is 2.28. The van der Waals surface area contributed by atoms with Crippen LogP contribution in [0.25, 0.3) is 11.1 Å². The van der Waals surface area contributed by atoms with Crippen molar-refractivity contribution in [1.82, 2.24) is 20.0 Å². The second-order valence-corrected chi connectivity index (χ2v) is 9.64. The monoisotopic (exact) mass is 462 g/mol. The molecule has 1 aliphatic carbocycles. The highest BCUT2D eigenvalue weighted by Gasteiger charge is 2.69. The Balaban J connectivity index is 1.20. The number of nitriles is 1. The van der Waals surface area contributed by atoms with Crippen molar-refractivity contribution >= 4 is 23.5 Å². The van der Waals surface area contributed by atoms with Crippen molar-refractivity contribution in [3.8, 4) is 17.2 Å². The molecule has 0 bridgehead atoms.